The van der Waals surface area contributed by atoms with E-state index in [4.69, 9.17) is 4.43 Å². The van der Waals surface area contributed by atoms with Gasteiger partial charge in [-0.3, -0.25) is 0 Å². The number of rotatable bonds is 13. The molecule has 0 aliphatic carbocycles. The fourth-order valence-corrected chi connectivity index (χ4v) is 3.58. The summed E-state index contributed by atoms with van der Waals surface area (Å²) in [6.45, 7) is 12.9. The fraction of sp³-hybridized carbons (Fsp3) is 0.882. The molecule has 1 unspecified atom stereocenters. The van der Waals surface area contributed by atoms with Crippen LogP contribution in [0.2, 0.25) is 13.1 Å². The molecule has 0 bridgehead atoms. The highest BCUT2D eigenvalue weighted by Gasteiger charge is 2.22. The van der Waals surface area contributed by atoms with Crippen LogP contribution in [0.4, 0.5) is 0 Å². The van der Waals surface area contributed by atoms with E-state index in [-0.39, 0.29) is 0 Å². The average Bonchev–Trinajstić information content (AvgIpc) is 2.37. The molecule has 0 fully saturated rings. The predicted octanol–water partition coefficient (Wildman–Crippen LogP) is 6.24. The van der Waals surface area contributed by atoms with Crippen LogP contribution >= 0.6 is 0 Å². The minimum Gasteiger partial charge on any atom is -0.411 e. The lowest BCUT2D eigenvalue weighted by atomic mass is 10.0. The van der Waals surface area contributed by atoms with E-state index < -0.39 is 8.32 Å². The molecule has 0 saturated heterocycles. The van der Waals surface area contributed by atoms with Crippen LogP contribution in [-0.4, -0.2) is 14.4 Å². The summed E-state index contributed by atoms with van der Waals surface area (Å²) in [5.74, 6) is 0. The summed E-state index contributed by atoms with van der Waals surface area (Å²) < 4.78 is 6.29. The molecule has 0 aromatic carbocycles. The van der Waals surface area contributed by atoms with Gasteiger partial charge in [-0.1, -0.05) is 70.9 Å². The van der Waals surface area contributed by atoms with Crippen molar-refractivity contribution in [2.75, 3.05) is 0 Å². The summed E-state index contributed by atoms with van der Waals surface area (Å²) in [5, 5.41) is 0. The highest BCUT2D eigenvalue weighted by Crippen LogP contribution is 2.19. The molecule has 0 aromatic heterocycles. The van der Waals surface area contributed by atoms with E-state index in [9.17, 15) is 0 Å². The van der Waals surface area contributed by atoms with Gasteiger partial charge in [0.1, 0.15) is 0 Å². The maximum atomic E-state index is 6.29. The Labute approximate surface area is 123 Å². The number of hydrogen-bond acceptors (Lipinski definition) is 1. The average molecular weight is 285 g/mol. The highest BCUT2D eigenvalue weighted by atomic mass is 28.4. The third-order valence-electron chi connectivity index (χ3n) is 3.70. The maximum absolute atomic E-state index is 6.29. The Bertz CT molecular complexity index is 213. The normalized spacial score (nSPS) is 13.5. The highest BCUT2D eigenvalue weighted by molar-refractivity contribution is 6.76. The van der Waals surface area contributed by atoms with Gasteiger partial charge in [0.2, 0.25) is 8.32 Å². The predicted molar refractivity (Wildman–Crippen MR) is 90.1 cm³/mol. The molecule has 0 radical (unpaired) electrons. The molecule has 0 aliphatic rings. The van der Waals surface area contributed by atoms with Gasteiger partial charge in [-0.05, 0) is 25.9 Å². The van der Waals surface area contributed by atoms with Crippen LogP contribution in [-0.2, 0) is 4.43 Å². The van der Waals surface area contributed by atoms with Gasteiger partial charge in [0.05, 0.1) is 0 Å². The number of unbranched alkanes of at least 4 members (excludes halogenated alkanes) is 6. The Morgan fingerprint density at radius 3 is 2.00 bits per heavy atom. The topological polar surface area (TPSA) is 9.23 Å². The second-order valence-electron chi connectivity index (χ2n) is 6.25. The van der Waals surface area contributed by atoms with E-state index in [1.807, 2.05) is 0 Å². The van der Waals surface area contributed by atoms with Crippen molar-refractivity contribution >= 4 is 8.32 Å². The molecule has 0 spiro atoms. The molecule has 0 rings (SSSR count). The van der Waals surface area contributed by atoms with Crippen molar-refractivity contribution in [2.45, 2.75) is 97.3 Å². The van der Waals surface area contributed by atoms with Crippen molar-refractivity contribution in [2.24, 2.45) is 0 Å². The lowest BCUT2D eigenvalue weighted by Crippen LogP contribution is -2.33. The molecule has 0 heterocycles. The minimum absolute atomic E-state index is 0.473. The summed E-state index contributed by atoms with van der Waals surface area (Å²) in [6, 6.07) is 0. The van der Waals surface area contributed by atoms with Crippen LogP contribution in [0.3, 0.4) is 0 Å². The molecule has 2 heteroatoms. The standard InChI is InChI=1S/C17H36OSi/c1-6-9-10-11-12-13-14-16-17(15-7-2)18-19(4,5)8-3/h8,17H,3,6-7,9-16H2,1-2,4-5H3. The van der Waals surface area contributed by atoms with E-state index in [0.717, 1.165) is 0 Å². The van der Waals surface area contributed by atoms with Crippen LogP contribution in [0.25, 0.3) is 0 Å². The van der Waals surface area contributed by atoms with E-state index in [2.05, 4.69) is 39.2 Å². The first-order valence-corrected chi connectivity index (χ1v) is 11.4. The van der Waals surface area contributed by atoms with Crippen LogP contribution < -0.4 is 0 Å². The maximum Gasteiger partial charge on any atom is 0.210 e. The Balaban J connectivity index is 3.73. The lowest BCUT2D eigenvalue weighted by Gasteiger charge is -2.26. The summed E-state index contributed by atoms with van der Waals surface area (Å²) in [6.07, 6.45) is 13.8. The summed E-state index contributed by atoms with van der Waals surface area (Å²) in [7, 11) is -1.60. The first-order chi connectivity index (χ1) is 9.05. The van der Waals surface area contributed by atoms with E-state index in [0.29, 0.717) is 6.10 Å². The van der Waals surface area contributed by atoms with Crippen molar-refractivity contribution in [1.29, 1.82) is 0 Å². The molecular formula is C17H36OSi. The van der Waals surface area contributed by atoms with Crippen molar-refractivity contribution in [3.05, 3.63) is 12.3 Å². The molecule has 1 nitrogen and oxygen atoms in total. The van der Waals surface area contributed by atoms with Gasteiger partial charge >= 0.3 is 0 Å². The summed E-state index contributed by atoms with van der Waals surface area (Å²) >= 11 is 0. The first kappa shape index (κ1) is 18.9. The van der Waals surface area contributed by atoms with Crippen molar-refractivity contribution in [3.8, 4) is 0 Å². The second kappa shape index (κ2) is 11.7. The number of hydrogen-bond donors (Lipinski definition) is 0. The van der Waals surface area contributed by atoms with Gasteiger partial charge < -0.3 is 4.43 Å². The van der Waals surface area contributed by atoms with Gasteiger partial charge in [-0.15, -0.1) is 6.58 Å². The lowest BCUT2D eigenvalue weighted by molar-refractivity contribution is 0.170. The molecule has 0 aliphatic heterocycles. The quantitative estimate of drug-likeness (QED) is 0.287. The zero-order chi connectivity index (χ0) is 14.6. The van der Waals surface area contributed by atoms with Crippen molar-refractivity contribution in [3.63, 3.8) is 0 Å². The molecule has 114 valence electrons. The summed E-state index contributed by atoms with van der Waals surface area (Å²) in [4.78, 5) is 0. The molecule has 0 saturated carbocycles. The first-order valence-electron chi connectivity index (χ1n) is 8.37. The van der Waals surface area contributed by atoms with E-state index in [1.54, 1.807) is 0 Å². The Kier molecular flexibility index (Phi) is 11.7. The third kappa shape index (κ3) is 11.4. The molecule has 1 atom stereocenters. The van der Waals surface area contributed by atoms with Crippen LogP contribution in [0.1, 0.15) is 78.1 Å². The van der Waals surface area contributed by atoms with Crippen LogP contribution in [0.5, 0.6) is 0 Å². The van der Waals surface area contributed by atoms with E-state index in [1.165, 1.54) is 64.2 Å². The molecule has 0 amide bonds. The summed E-state index contributed by atoms with van der Waals surface area (Å²) in [5.41, 5.74) is 2.06. The minimum atomic E-state index is -1.60. The van der Waals surface area contributed by atoms with E-state index >= 15 is 0 Å². The smallest absolute Gasteiger partial charge is 0.210 e. The zero-order valence-electron chi connectivity index (χ0n) is 13.8. The Morgan fingerprint density at radius 2 is 1.47 bits per heavy atom. The Morgan fingerprint density at radius 1 is 0.895 bits per heavy atom. The SMILES string of the molecule is C=C[Si](C)(C)OC(CCC)CCCCCCCCC. The molecule has 0 N–H and O–H groups in total. The van der Waals surface area contributed by atoms with Gasteiger partial charge in [-0.2, -0.15) is 0 Å². The largest absolute Gasteiger partial charge is 0.411 e. The van der Waals surface area contributed by atoms with Gasteiger partial charge in [0.15, 0.2) is 0 Å². The monoisotopic (exact) mass is 284 g/mol. The second-order valence-corrected chi connectivity index (χ2v) is 10.1. The van der Waals surface area contributed by atoms with Crippen molar-refractivity contribution < 1.29 is 4.43 Å². The zero-order valence-corrected chi connectivity index (χ0v) is 14.8. The third-order valence-corrected chi connectivity index (χ3v) is 5.63. The van der Waals surface area contributed by atoms with Crippen molar-refractivity contribution in [1.82, 2.24) is 0 Å². The fourth-order valence-electron chi connectivity index (χ4n) is 2.39. The van der Waals surface area contributed by atoms with Crippen LogP contribution in [0, 0.1) is 0 Å². The molecule has 19 heavy (non-hydrogen) atoms. The van der Waals surface area contributed by atoms with Gasteiger partial charge in [0.25, 0.3) is 0 Å². The van der Waals surface area contributed by atoms with Gasteiger partial charge in [0, 0.05) is 6.10 Å². The Hall–Kier alpha value is -0.0831. The van der Waals surface area contributed by atoms with Gasteiger partial charge in [-0.25, -0.2) is 0 Å². The van der Waals surface area contributed by atoms with Crippen LogP contribution in [0.15, 0.2) is 12.3 Å². The molecular weight excluding hydrogens is 248 g/mol. The molecule has 0 aromatic rings.